The first-order valence-electron chi connectivity index (χ1n) is 9.01. The summed E-state index contributed by atoms with van der Waals surface area (Å²) in [6, 6.07) is 11.8. The Morgan fingerprint density at radius 2 is 1.93 bits per heavy atom. The molecule has 0 aliphatic heterocycles. The van der Waals surface area contributed by atoms with E-state index in [4.69, 9.17) is 16.3 Å². The third-order valence-corrected chi connectivity index (χ3v) is 6.64. The van der Waals surface area contributed by atoms with Crippen LogP contribution in [0.5, 0.6) is 0 Å². The van der Waals surface area contributed by atoms with Crippen LogP contribution in [0.15, 0.2) is 52.4 Å². The quantitative estimate of drug-likeness (QED) is 0.514. The van der Waals surface area contributed by atoms with Gasteiger partial charge in [-0.1, -0.05) is 35.1 Å². The lowest BCUT2D eigenvalue weighted by Crippen LogP contribution is -2.20. The van der Waals surface area contributed by atoms with Crippen molar-refractivity contribution in [3.63, 3.8) is 0 Å². The van der Waals surface area contributed by atoms with E-state index in [1.807, 2.05) is 29.7 Å². The van der Waals surface area contributed by atoms with Crippen molar-refractivity contribution < 1.29 is 17.9 Å². The van der Waals surface area contributed by atoms with Crippen LogP contribution in [0.4, 0.5) is 0 Å². The van der Waals surface area contributed by atoms with Gasteiger partial charge in [-0.3, -0.25) is 4.79 Å². The lowest BCUT2D eigenvalue weighted by Gasteiger charge is -2.05. The van der Waals surface area contributed by atoms with Gasteiger partial charge in [-0.05, 0) is 42.8 Å². The number of sulfone groups is 1. The number of rotatable bonds is 7. The van der Waals surface area contributed by atoms with E-state index in [1.54, 1.807) is 12.1 Å². The summed E-state index contributed by atoms with van der Waals surface area (Å²) in [5, 5.41) is 0.625. The zero-order chi connectivity index (χ0) is 21.0. The number of hydrogen-bond donors (Lipinski definition) is 0. The minimum Gasteiger partial charge on any atom is -0.380 e. The summed E-state index contributed by atoms with van der Waals surface area (Å²) < 4.78 is 31.5. The highest BCUT2D eigenvalue weighted by Crippen LogP contribution is 2.22. The fourth-order valence-electron chi connectivity index (χ4n) is 2.82. The molecule has 1 heterocycles. The summed E-state index contributed by atoms with van der Waals surface area (Å²) in [6.45, 7) is 3.63. The molecule has 0 saturated heterocycles. The molecule has 1 amide bonds. The minimum absolute atomic E-state index is 0.0878. The van der Waals surface area contributed by atoms with E-state index in [2.05, 4.69) is 4.99 Å². The number of fused-ring (bicyclic) bond motifs is 1. The summed E-state index contributed by atoms with van der Waals surface area (Å²) in [5.74, 6) is -0.306. The Morgan fingerprint density at radius 1 is 1.21 bits per heavy atom. The Balaban J connectivity index is 1.89. The first kappa shape index (κ1) is 21.7. The van der Waals surface area contributed by atoms with Crippen molar-refractivity contribution in [1.29, 1.82) is 0 Å². The second-order valence-electron chi connectivity index (χ2n) is 6.44. The van der Waals surface area contributed by atoms with Crippen molar-refractivity contribution >= 4 is 48.9 Å². The first-order valence-corrected chi connectivity index (χ1v) is 12.1. The number of aromatic nitrogens is 1. The van der Waals surface area contributed by atoms with E-state index in [9.17, 15) is 13.2 Å². The summed E-state index contributed by atoms with van der Waals surface area (Å²) in [7, 11) is -3.26. The molecule has 0 atom stereocenters. The van der Waals surface area contributed by atoms with Crippen molar-refractivity contribution in [1.82, 2.24) is 4.57 Å². The van der Waals surface area contributed by atoms with Gasteiger partial charge in [-0.2, -0.15) is 4.99 Å². The molecule has 3 rings (SSSR count). The molecule has 0 bridgehead atoms. The molecule has 0 spiro atoms. The molecular weight excluding hydrogens is 432 g/mol. The fourth-order valence-corrected chi connectivity index (χ4v) is 4.80. The van der Waals surface area contributed by atoms with Crippen molar-refractivity contribution in [2.45, 2.75) is 24.8 Å². The maximum atomic E-state index is 12.5. The lowest BCUT2D eigenvalue weighted by atomic mass is 10.1. The maximum Gasteiger partial charge on any atom is 0.252 e. The normalized spacial score (nSPS) is 12.6. The Labute approximate surface area is 178 Å². The molecule has 0 aliphatic rings. The molecule has 0 fully saturated rings. The molecule has 154 valence electrons. The van der Waals surface area contributed by atoms with Gasteiger partial charge >= 0.3 is 0 Å². The van der Waals surface area contributed by atoms with Crippen LogP contribution in [0.2, 0.25) is 5.02 Å². The number of carbonyl (C=O) groups is 1. The van der Waals surface area contributed by atoms with Gasteiger partial charge in [0.25, 0.3) is 5.91 Å². The van der Waals surface area contributed by atoms with Crippen molar-refractivity contribution in [2.24, 2.45) is 4.99 Å². The minimum atomic E-state index is -3.26. The van der Waals surface area contributed by atoms with Gasteiger partial charge < -0.3 is 9.30 Å². The lowest BCUT2D eigenvalue weighted by molar-refractivity contribution is -0.117. The van der Waals surface area contributed by atoms with Crippen molar-refractivity contribution in [3.05, 3.63) is 57.9 Å². The van der Waals surface area contributed by atoms with Crippen LogP contribution in [0.25, 0.3) is 10.2 Å². The smallest absolute Gasteiger partial charge is 0.252 e. The number of carbonyl (C=O) groups excluding carboxylic acids is 1. The Morgan fingerprint density at radius 3 is 2.59 bits per heavy atom. The Hall–Kier alpha value is -2.00. The molecule has 1 aromatic heterocycles. The SMILES string of the molecule is CCOCCn1c(=NC(=O)Cc2ccc(S(C)(=O)=O)cc2)sc2cc(Cl)ccc21. The topological polar surface area (TPSA) is 77.7 Å². The molecule has 6 nitrogen and oxygen atoms in total. The third-order valence-electron chi connectivity index (χ3n) is 4.24. The predicted octanol–water partition coefficient (Wildman–Crippen LogP) is 3.47. The molecule has 0 radical (unpaired) electrons. The summed E-state index contributed by atoms with van der Waals surface area (Å²) in [4.78, 5) is 17.6. The zero-order valence-corrected chi connectivity index (χ0v) is 18.5. The van der Waals surface area contributed by atoms with Crippen LogP contribution in [0.1, 0.15) is 12.5 Å². The highest BCUT2D eigenvalue weighted by atomic mass is 35.5. The van der Waals surface area contributed by atoms with Gasteiger partial charge in [-0.15, -0.1) is 0 Å². The molecule has 0 N–H and O–H groups in total. The van der Waals surface area contributed by atoms with E-state index in [1.165, 1.54) is 23.5 Å². The average Bonchev–Trinajstić information content (AvgIpc) is 2.97. The summed E-state index contributed by atoms with van der Waals surface area (Å²) in [6.07, 6.45) is 1.24. The number of amides is 1. The largest absolute Gasteiger partial charge is 0.380 e. The molecule has 29 heavy (non-hydrogen) atoms. The van der Waals surface area contributed by atoms with E-state index in [0.717, 1.165) is 16.5 Å². The van der Waals surface area contributed by atoms with Crippen LogP contribution >= 0.6 is 22.9 Å². The molecule has 2 aromatic carbocycles. The second kappa shape index (κ2) is 9.21. The maximum absolute atomic E-state index is 12.5. The average molecular weight is 453 g/mol. The fraction of sp³-hybridized carbons (Fsp3) is 0.300. The van der Waals surface area contributed by atoms with E-state index in [0.29, 0.717) is 35.1 Å². The standard InChI is InChI=1S/C20H21ClN2O4S2/c1-3-27-11-10-23-17-9-6-15(21)13-18(17)28-20(23)22-19(24)12-14-4-7-16(8-5-14)29(2,25)26/h4-9,13H,3,10-12H2,1-2H3. The molecule has 9 heteroatoms. The summed E-state index contributed by atoms with van der Waals surface area (Å²) in [5.41, 5.74) is 1.65. The number of nitrogens with zero attached hydrogens (tertiary/aromatic N) is 2. The number of benzene rings is 2. The van der Waals surface area contributed by atoms with Gasteiger partial charge in [0.05, 0.1) is 28.1 Å². The van der Waals surface area contributed by atoms with Gasteiger partial charge in [0, 0.05) is 24.4 Å². The van der Waals surface area contributed by atoms with Gasteiger partial charge in [0.2, 0.25) is 0 Å². The highest BCUT2D eigenvalue weighted by Gasteiger charge is 2.11. The van der Waals surface area contributed by atoms with Crippen LogP contribution in [-0.2, 0) is 32.3 Å². The Bertz CT molecular complexity index is 1200. The molecule has 0 saturated carbocycles. The van der Waals surface area contributed by atoms with Gasteiger partial charge in [0.15, 0.2) is 14.6 Å². The highest BCUT2D eigenvalue weighted by molar-refractivity contribution is 7.90. The number of hydrogen-bond acceptors (Lipinski definition) is 5. The van der Waals surface area contributed by atoms with Gasteiger partial charge in [-0.25, -0.2) is 8.42 Å². The molecule has 3 aromatic rings. The van der Waals surface area contributed by atoms with E-state index < -0.39 is 9.84 Å². The van der Waals surface area contributed by atoms with Crippen molar-refractivity contribution in [3.8, 4) is 0 Å². The number of ether oxygens (including phenoxy) is 1. The Kier molecular flexibility index (Phi) is 6.89. The number of thiazole rings is 1. The van der Waals surface area contributed by atoms with Crippen LogP contribution in [-0.4, -0.2) is 38.4 Å². The van der Waals surface area contributed by atoms with E-state index >= 15 is 0 Å². The predicted molar refractivity (Wildman–Crippen MR) is 115 cm³/mol. The van der Waals surface area contributed by atoms with Crippen LogP contribution in [0.3, 0.4) is 0 Å². The molecule has 0 aliphatic carbocycles. The van der Waals surface area contributed by atoms with Crippen LogP contribution < -0.4 is 4.80 Å². The first-order chi connectivity index (χ1) is 13.8. The van der Waals surface area contributed by atoms with Crippen molar-refractivity contribution in [2.75, 3.05) is 19.5 Å². The molecule has 0 unspecified atom stereocenters. The second-order valence-corrected chi connectivity index (χ2v) is 9.90. The number of halogens is 1. The third kappa shape index (κ3) is 5.54. The molecular formula is C20H21ClN2O4S2. The zero-order valence-electron chi connectivity index (χ0n) is 16.1. The van der Waals surface area contributed by atoms with E-state index in [-0.39, 0.29) is 17.2 Å². The van der Waals surface area contributed by atoms with Gasteiger partial charge in [0.1, 0.15) is 0 Å². The monoisotopic (exact) mass is 452 g/mol. The summed E-state index contributed by atoms with van der Waals surface area (Å²) >= 11 is 7.49. The van der Waals surface area contributed by atoms with Crippen LogP contribution in [0, 0.1) is 0 Å².